The van der Waals surface area contributed by atoms with Crippen LogP contribution in [-0.4, -0.2) is 0 Å². The van der Waals surface area contributed by atoms with E-state index in [0.29, 0.717) is 0 Å². The van der Waals surface area contributed by atoms with Gasteiger partial charge < -0.3 is 0 Å². The Hall–Kier alpha value is -4.16. The average Bonchev–Trinajstić information content (AvgIpc) is 2.85. The van der Waals surface area contributed by atoms with Gasteiger partial charge in [-0.15, -0.1) is 0 Å². The molecule has 0 nitrogen and oxygen atoms in total. The SMILES string of the molecule is c1ccc2c(c1)cc1cc3c(cc4cc5ccccc5c5cccc3c45)c3cccc2c13. The second kappa shape index (κ2) is 5.75. The summed E-state index contributed by atoms with van der Waals surface area (Å²) in [4.78, 5) is 0. The van der Waals surface area contributed by atoms with Gasteiger partial charge in [0.2, 0.25) is 0 Å². The number of fused-ring (bicyclic) bond motifs is 7. The van der Waals surface area contributed by atoms with Crippen LogP contribution in [0, 0.1) is 0 Å². The topological polar surface area (TPSA) is 0 Å². The Bertz CT molecular complexity index is 1880. The third kappa shape index (κ3) is 1.98. The zero-order valence-corrected chi connectivity index (χ0v) is 17.4. The van der Waals surface area contributed by atoms with Gasteiger partial charge in [0.15, 0.2) is 0 Å². The number of hydrogen-bond acceptors (Lipinski definition) is 0. The number of rotatable bonds is 0. The van der Waals surface area contributed by atoms with Crippen LogP contribution in [0.5, 0.6) is 0 Å². The van der Waals surface area contributed by atoms with Crippen molar-refractivity contribution in [2.45, 2.75) is 0 Å². The van der Waals surface area contributed by atoms with Gasteiger partial charge >= 0.3 is 0 Å². The molecular formula is C32H18. The lowest BCUT2D eigenvalue weighted by Gasteiger charge is -2.16. The molecule has 0 heterocycles. The monoisotopic (exact) mass is 402 g/mol. The minimum absolute atomic E-state index is 1.30. The molecule has 0 radical (unpaired) electrons. The minimum Gasteiger partial charge on any atom is -0.0616 e. The van der Waals surface area contributed by atoms with Crippen molar-refractivity contribution in [2.24, 2.45) is 0 Å². The van der Waals surface area contributed by atoms with Crippen LogP contribution in [0.25, 0.3) is 75.4 Å². The molecule has 0 saturated heterocycles. The molecule has 146 valence electrons. The van der Waals surface area contributed by atoms with Gasteiger partial charge in [-0.2, -0.15) is 0 Å². The van der Waals surface area contributed by atoms with E-state index >= 15 is 0 Å². The zero-order valence-electron chi connectivity index (χ0n) is 17.4. The summed E-state index contributed by atoms with van der Waals surface area (Å²) in [6.45, 7) is 0. The first kappa shape index (κ1) is 16.5. The van der Waals surface area contributed by atoms with Crippen LogP contribution in [-0.2, 0) is 0 Å². The smallest absolute Gasteiger partial charge is 0.00259 e. The van der Waals surface area contributed by atoms with Crippen LogP contribution in [0.2, 0.25) is 0 Å². The fourth-order valence-corrected chi connectivity index (χ4v) is 5.98. The zero-order chi connectivity index (χ0) is 20.8. The van der Waals surface area contributed by atoms with Crippen molar-refractivity contribution < 1.29 is 0 Å². The predicted molar refractivity (Wildman–Crippen MR) is 140 cm³/mol. The van der Waals surface area contributed by atoms with Crippen molar-refractivity contribution in [2.75, 3.05) is 0 Å². The average molecular weight is 402 g/mol. The van der Waals surface area contributed by atoms with Gasteiger partial charge in [-0.3, -0.25) is 0 Å². The van der Waals surface area contributed by atoms with Gasteiger partial charge in [-0.25, -0.2) is 0 Å². The molecule has 0 atom stereocenters. The van der Waals surface area contributed by atoms with E-state index in [-0.39, 0.29) is 0 Å². The summed E-state index contributed by atoms with van der Waals surface area (Å²) in [5.41, 5.74) is 0. The Morgan fingerprint density at radius 3 is 1.09 bits per heavy atom. The normalized spacial score (nSPS) is 12.4. The summed E-state index contributed by atoms with van der Waals surface area (Å²) in [6.07, 6.45) is 0. The maximum atomic E-state index is 2.42. The van der Waals surface area contributed by atoms with E-state index in [2.05, 4.69) is 109 Å². The first-order chi connectivity index (χ1) is 15.9. The summed E-state index contributed by atoms with van der Waals surface area (Å²) < 4.78 is 0. The van der Waals surface area contributed by atoms with Gasteiger partial charge in [0.05, 0.1) is 0 Å². The van der Waals surface area contributed by atoms with E-state index < -0.39 is 0 Å². The highest BCUT2D eigenvalue weighted by Crippen LogP contribution is 2.43. The minimum atomic E-state index is 1.30. The molecule has 0 aliphatic rings. The Kier molecular flexibility index (Phi) is 2.97. The Morgan fingerprint density at radius 2 is 0.625 bits per heavy atom. The van der Waals surface area contributed by atoms with Crippen molar-refractivity contribution in [3.8, 4) is 0 Å². The highest BCUT2D eigenvalue weighted by Gasteiger charge is 2.15. The van der Waals surface area contributed by atoms with Gasteiger partial charge in [-0.1, -0.05) is 84.9 Å². The molecule has 0 aliphatic carbocycles. The van der Waals surface area contributed by atoms with Crippen molar-refractivity contribution in [1.29, 1.82) is 0 Å². The highest BCUT2D eigenvalue weighted by molar-refractivity contribution is 6.34. The number of benzene rings is 8. The summed E-state index contributed by atoms with van der Waals surface area (Å²) in [5.74, 6) is 0. The van der Waals surface area contributed by atoms with Crippen LogP contribution >= 0.6 is 0 Å². The molecule has 0 unspecified atom stereocenters. The van der Waals surface area contributed by atoms with E-state index in [1.165, 1.54) is 75.4 Å². The molecule has 8 rings (SSSR count). The van der Waals surface area contributed by atoms with Crippen molar-refractivity contribution in [3.63, 3.8) is 0 Å². The summed E-state index contributed by atoms with van der Waals surface area (Å²) in [7, 11) is 0. The van der Waals surface area contributed by atoms with Crippen molar-refractivity contribution in [3.05, 3.63) is 109 Å². The lowest BCUT2D eigenvalue weighted by atomic mass is 9.87. The Morgan fingerprint density at radius 1 is 0.250 bits per heavy atom. The molecule has 0 N–H and O–H groups in total. The van der Waals surface area contributed by atoms with Crippen LogP contribution in [0.3, 0.4) is 0 Å². The maximum Gasteiger partial charge on any atom is -0.00259 e. The van der Waals surface area contributed by atoms with E-state index in [1.807, 2.05) is 0 Å². The van der Waals surface area contributed by atoms with Gasteiger partial charge in [0.25, 0.3) is 0 Å². The van der Waals surface area contributed by atoms with Crippen LogP contribution in [0.4, 0.5) is 0 Å². The van der Waals surface area contributed by atoms with E-state index in [1.54, 1.807) is 0 Å². The third-order valence-corrected chi connectivity index (χ3v) is 7.30. The molecule has 0 aromatic heterocycles. The van der Waals surface area contributed by atoms with Crippen molar-refractivity contribution >= 4 is 75.4 Å². The molecule has 0 heteroatoms. The maximum absolute atomic E-state index is 2.42. The molecule has 8 aromatic carbocycles. The van der Waals surface area contributed by atoms with Crippen LogP contribution in [0.15, 0.2) is 109 Å². The van der Waals surface area contributed by atoms with Gasteiger partial charge in [0.1, 0.15) is 0 Å². The van der Waals surface area contributed by atoms with Gasteiger partial charge in [0, 0.05) is 0 Å². The molecule has 8 aromatic rings. The lowest BCUT2D eigenvalue weighted by Crippen LogP contribution is -1.88. The van der Waals surface area contributed by atoms with E-state index in [9.17, 15) is 0 Å². The first-order valence-corrected chi connectivity index (χ1v) is 11.2. The predicted octanol–water partition coefficient (Wildman–Crippen LogP) is 9.20. The van der Waals surface area contributed by atoms with Crippen LogP contribution < -0.4 is 0 Å². The highest BCUT2D eigenvalue weighted by atomic mass is 14.2. The van der Waals surface area contributed by atoms with E-state index in [4.69, 9.17) is 0 Å². The fourth-order valence-electron chi connectivity index (χ4n) is 5.98. The quantitative estimate of drug-likeness (QED) is 0.175. The Balaban J connectivity index is 1.69. The first-order valence-electron chi connectivity index (χ1n) is 11.2. The second-order valence-electron chi connectivity index (χ2n) is 8.95. The van der Waals surface area contributed by atoms with Crippen molar-refractivity contribution in [1.82, 2.24) is 0 Å². The molecule has 0 amide bonds. The van der Waals surface area contributed by atoms with E-state index in [0.717, 1.165) is 0 Å². The molecular weight excluding hydrogens is 384 g/mol. The van der Waals surface area contributed by atoms with Crippen LogP contribution in [0.1, 0.15) is 0 Å². The summed E-state index contributed by atoms with van der Waals surface area (Å²) in [6, 6.07) is 40.6. The van der Waals surface area contributed by atoms with Gasteiger partial charge in [-0.05, 0) is 99.7 Å². The molecule has 32 heavy (non-hydrogen) atoms. The molecule has 0 saturated carbocycles. The molecule has 0 bridgehead atoms. The molecule has 0 spiro atoms. The molecule has 0 aliphatic heterocycles. The second-order valence-corrected chi connectivity index (χ2v) is 8.95. The third-order valence-electron chi connectivity index (χ3n) is 7.30. The Labute approximate surface area is 184 Å². The fraction of sp³-hybridized carbons (Fsp3) is 0. The largest absolute Gasteiger partial charge is 0.0616 e. The molecule has 0 fully saturated rings. The number of hydrogen-bond donors (Lipinski definition) is 0. The standard InChI is InChI=1S/C32H18/c1-3-9-23-19(7-1)15-21-17-29-28-14-6-12-26-24-10-4-2-8-20(24)16-22(32(26)28)18-30(29)27-13-5-11-25(23)31(21)27/h1-18H. The summed E-state index contributed by atoms with van der Waals surface area (Å²) in [5, 5.41) is 18.7. The summed E-state index contributed by atoms with van der Waals surface area (Å²) >= 11 is 0. The lowest BCUT2D eigenvalue weighted by molar-refractivity contribution is 1.79.